The van der Waals surface area contributed by atoms with Crippen LogP contribution in [0.5, 0.6) is 0 Å². The maximum absolute atomic E-state index is 12.9. The number of aryl methyl sites for hydroxylation is 1. The Hall–Kier alpha value is -2.86. The first-order chi connectivity index (χ1) is 12.6. The van der Waals surface area contributed by atoms with Crippen LogP contribution in [0.3, 0.4) is 0 Å². The number of benzene rings is 1. The average molecular weight is 350 g/mol. The van der Waals surface area contributed by atoms with E-state index in [0.717, 1.165) is 41.7 Å². The fraction of sp³-hybridized carbons (Fsp3) is 0.300. The van der Waals surface area contributed by atoms with Gasteiger partial charge in [-0.2, -0.15) is 0 Å². The van der Waals surface area contributed by atoms with Gasteiger partial charge in [0.05, 0.1) is 5.56 Å². The molecule has 1 N–H and O–H groups in total. The Morgan fingerprint density at radius 1 is 1.08 bits per heavy atom. The molecule has 0 unspecified atom stereocenters. The Bertz CT molecular complexity index is 996. The minimum atomic E-state index is 0.00268. The smallest absolute Gasteiger partial charge is 0.256 e. The van der Waals surface area contributed by atoms with Gasteiger partial charge in [-0.3, -0.25) is 14.5 Å². The first-order valence-corrected chi connectivity index (χ1v) is 8.85. The molecule has 1 amide bonds. The van der Waals surface area contributed by atoms with Gasteiger partial charge >= 0.3 is 0 Å². The minimum Gasteiger partial charge on any atom is -0.360 e. The van der Waals surface area contributed by atoms with Crippen molar-refractivity contribution in [1.82, 2.24) is 19.4 Å². The Morgan fingerprint density at radius 2 is 1.85 bits per heavy atom. The molecule has 134 valence electrons. The Kier molecular flexibility index (Phi) is 4.34. The van der Waals surface area contributed by atoms with Gasteiger partial charge in [0.25, 0.3) is 5.91 Å². The van der Waals surface area contributed by atoms with Crippen LogP contribution in [0.25, 0.3) is 10.9 Å². The molecule has 6 heteroatoms. The second kappa shape index (κ2) is 6.80. The van der Waals surface area contributed by atoms with Crippen LogP contribution in [0.2, 0.25) is 0 Å². The zero-order valence-corrected chi connectivity index (χ0v) is 14.8. The van der Waals surface area contributed by atoms with Crippen LogP contribution in [-0.4, -0.2) is 51.4 Å². The molecule has 0 atom stereocenters. The lowest BCUT2D eigenvalue weighted by atomic mass is 10.1. The number of carbonyl (C=O) groups is 1. The number of rotatable bonds is 3. The van der Waals surface area contributed by atoms with Crippen LogP contribution >= 0.6 is 0 Å². The molecule has 3 heterocycles. The largest absolute Gasteiger partial charge is 0.360 e. The van der Waals surface area contributed by atoms with Crippen LogP contribution in [0.15, 0.2) is 53.6 Å². The van der Waals surface area contributed by atoms with E-state index >= 15 is 0 Å². The van der Waals surface area contributed by atoms with E-state index in [0.29, 0.717) is 13.1 Å². The summed E-state index contributed by atoms with van der Waals surface area (Å²) in [7, 11) is 1.77. The highest BCUT2D eigenvalue weighted by Gasteiger charge is 2.24. The molecule has 3 aromatic rings. The van der Waals surface area contributed by atoms with Crippen molar-refractivity contribution >= 4 is 16.8 Å². The third-order valence-corrected chi connectivity index (χ3v) is 5.03. The van der Waals surface area contributed by atoms with E-state index in [4.69, 9.17) is 0 Å². The molecule has 1 saturated heterocycles. The van der Waals surface area contributed by atoms with E-state index in [1.54, 1.807) is 17.7 Å². The number of carbonyl (C=O) groups excluding carboxylic acids is 1. The van der Waals surface area contributed by atoms with Crippen molar-refractivity contribution in [2.45, 2.75) is 6.54 Å². The van der Waals surface area contributed by atoms with Gasteiger partial charge < -0.3 is 14.5 Å². The maximum atomic E-state index is 12.9. The van der Waals surface area contributed by atoms with Crippen molar-refractivity contribution in [3.63, 3.8) is 0 Å². The molecule has 0 aliphatic carbocycles. The number of hydrogen-bond donors (Lipinski definition) is 1. The van der Waals surface area contributed by atoms with E-state index < -0.39 is 0 Å². The number of nitrogens with one attached hydrogen (secondary N) is 1. The zero-order chi connectivity index (χ0) is 18.1. The number of piperazine rings is 1. The summed E-state index contributed by atoms with van der Waals surface area (Å²) in [5, 5.41) is 0.977. The third-order valence-electron chi connectivity index (χ3n) is 5.03. The predicted octanol–water partition coefficient (Wildman–Crippen LogP) is 1.82. The number of pyridine rings is 1. The van der Waals surface area contributed by atoms with E-state index in [2.05, 4.69) is 9.88 Å². The van der Waals surface area contributed by atoms with Crippen molar-refractivity contribution in [2.75, 3.05) is 26.2 Å². The van der Waals surface area contributed by atoms with Gasteiger partial charge in [0, 0.05) is 69.1 Å². The normalized spacial score (nSPS) is 15.5. The minimum absolute atomic E-state index is 0.00268. The van der Waals surface area contributed by atoms with Crippen LogP contribution < -0.4 is 5.56 Å². The molecule has 0 saturated carbocycles. The number of para-hydroxylation sites is 1. The molecule has 1 aliphatic rings. The quantitative estimate of drug-likeness (QED) is 0.784. The van der Waals surface area contributed by atoms with E-state index in [-0.39, 0.29) is 11.5 Å². The number of H-pyrrole nitrogens is 1. The first kappa shape index (κ1) is 16.6. The van der Waals surface area contributed by atoms with Gasteiger partial charge in [-0.05, 0) is 11.6 Å². The molecular weight excluding hydrogens is 328 g/mol. The standard InChI is InChI=1S/C20H22N4O2/c1-22-13-15(6-7-19(22)25)14-23-8-10-24(11-9-23)20(26)17-12-21-18-5-3-2-4-16(17)18/h2-7,12-13,21H,8-11,14H2,1H3. The summed E-state index contributed by atoms with van der Waals surface area (Å²) in [6.45, 7) is 3.88. The zero-order valence-electron chi connectivity index (χ0n) is 14.8. The van der Waals surface area contributed by atoms with Gasteiger partial charge in [-0.25, -0.2) is 0 Å². The van der Waals surface area contributed by atoms with Crippen molar-refractivity contribution < 1.29 is 4.79 Å². The van der Waals surface area contributed by atoms with Gasteiger partial charge in [0.2, 0.25) is 5.56 Å². The molecular formula is C20H22N4O2. The summed E-state index contributed by atoms with van der Waals surface area (Å²) in [5.41, 5.74) is 2.85. The van der Waals surface area contributed by atoms with E-state index in [1.807, 2.05) is 47.6 Å². The molecule has 6 nitrogen and oxygen atoms in total. The highest BCUT2D eigenvalue weighted by atomic mass is 16.2. The third kappa shape index (κ3) is 3.15. The van der Waals surface area contributed by atoms with Gasteiger partial charge in [-0.1, -0.05) is 24.3 Å². The summed E-state index contributed by atoms with van der Waals surface area (Å²) in [6, 6.07) is 11.4. The topological polar surface area (TPSA) is 61.3 Å². The number of aromatic amines is 1. The number of aromatic nitrogens is 2. The maximum Gasteiger partial charge on any atom is 0.256 e. The average Bonchev–Trinajstić information content (AvgIpc) is 3.09. The molecule has 26 heavy (non-hydrogen) atoms. The second-order valence-corrected chi connectivity index (χ2v) is 6.80. The second-order valence-electron chi connectivity index (χ2n) is 6.80. The van der Waals surface area contributed by atoms with Gasteiger partial charge in [0.1, 0.15) is 0 Å². The predicted molar refractivity (Wildman–Crippen MR) is 101 cm³/mol. The van der Waals surface area contributed by atoms with Crippen molar-refractivity contribution in [3.8, 4) is 0 Å². The molecule has 0 bridgehead atoms. The van der Waals surface area contributed by atoms with Gasteiger partial charge in [0.15, 0.2) is 0 Å². The highest BCUT2D eigenvalue weighted by molar-refractivity contribution is 6.06. The van der Waals surface area contributed by atoms with Crippen LogP contribution in [0.1, 0.15) is 15.9 Å². The summed E-state index contributed by atoms with van der Waals surface area (Å²) < 4.78 is 1.60. The van der Waals surface area contributed by atoms with Crippen LogP contribution in [0, 0.1) is 0 Å². The lowest BCUT2D eigenvalue weighted by molar-refractivity contribution is 0.0630. The highest BCUT2D eigenvalue weighted by Crippen LogP contribution is 2.20. The molecule has 0 radical (unpaired) electrons. The van der Waals surface area contributed by atoms with Crippen LogP contribution in [0.4, 0.5) is 0 Å². The Labute approximate surface area is 151 Å². The fourth-order valence-electron chi connectivity index (χ4n) is 3.53. The van der Waals surface area contributed by atoms with E-state index in [9.17, 15) is 9.59 Å². The number of nitrogens with zero attached hydrogens (tertiary/aromatic N) is 3. The van der Waals surface area contributed by atoms with Crippen molar-refractivity contribution in [3.05, 3.63) is 70.3 Å². The Morgan fingerprint density at radius 3 is 2.62 bits per heavy atom. The van der Waals surface area contributed by atoms with Crippen molar-refractivity contribution in [1.29, 1.82) is 0 Å². The molecule has 1 aliphatic heterocycles. The fourth-order valence-corrected chi connectivity index (χ4v) is 3.53. The lowest BCUT2D eigenvalue weighted by Crippen LogP contribution is -2.48. The summed E-state index contributed by atoms with van der Waals surface area (Å²) in [5.74, 6) is 0.0872. The molecule has 4 rings (SSSR count). The van der Waals surface area contributed by atoms with E-state index in [1.165, 1.54) is 0 Å². The lowest BCUT2D eigenvalue weighted by Gasteiger charge is -2.34. The SMILES string of the molecule is Cn1cc(CN2CCN(C(=O)c3c[nH]c4ccccc34)CC2)ccc1=O. The summed E-state index contributed by atoms with van der Waals surface area (Å²) >= 11 is 0. The van der Waals surface area contributed by atoms with Crippen molar-refractivity contribution in [2.24, 2.45) is 7.05 Å². The first-order valence-electron chi connectivity index (χ1n) is 8.85. The summed E-state index contributed by atoms with van der Waals surface area (Å²) in [6.07, 6.45) is 3.69. The monoisotopic (exact) mass is 350 g/mol. The number of amides is 1. The van der Waals surface area contributed by atoms with Crippen LogP contribution in [-0.2, 0) is 13.6 Å². The molecule has 0 spiro atoms. The number of fused-ring (bicyclic) bond motifs is 1. The summed E-state index contributed by atoms with van der Waals surface area (Å²) in [4.78, 5) is 31.8. The van der Waals surface area contributed by atoms with Gasteiger partial charge in [-0.15, -0.1) is 0 Å². The molecule has 1 fully saturated rings. The number of hydrogen-bond acceptors (Lipinski definition) is 3. The molecule has 1 aromatic carbocycles. The molecule has 2 aromatic heterocycles. The Balaban J connectivity index is 1.40.